The molecule has 0 radical (unpaired) electrons. The van der Waals surface area contributed by atoms with E-state index in [1.165, 1.54) is 13.8 Å². The third-order valence-corrected chi connectivity index (χ3v) is 11.1. The Bertz CT molecular complexity index is 1190. The van der Waals surface area contributed by atoms with E-state index in [2.05, 4.69) is 36.3 Å². The van der Waals surface area contributed by atoms with E-state index in [1.54, 1.807) is 0 Å². The Morgan fingerprint density at radius 3 is 2.05 bits per heavy atom. The van der Waals surface area contributed by atoms with Gasteiger partial charge in [-0.1, -0.05) is 11.3 Å². The molecule has 2 fully saturated rings. The number of amides is 3. The van der Waals surface area contributed by atoms with Gasteiger partial charge in [-0.25, -0.2) is 13.4 Å². The van der Waals surface area contributed by atoms with Crippen LogP contribution in [0.4, 0.5) is 5.13 Å². The fourth-order valence-electron chi connectivity index (χ4n) is 5.47. The van der Waals surface area contributed by atoms with Crippen LogP contribution in [0.2, 0.25) is 0 Å². The second-order valence-corrected chi connectivity index (χ2v) is 14.3. The van der Waals surface area contributed by atoms with Gasteiger partial charge in [0.1, 0.15) is 6.04 Å². The molecular formula is C27H45N7O7S2. The van der Waals surface area contributed by atoms with Gasteiger partial charge in [-0.2, -0.15) is 4.72 Å². The van der Waals surface area contributed by atoms with Crippen molar-refractivity contribution in [3.05, 3.63) is 5.69 Å². The Kier molecular flexibility index (Phi) is 13.8. The lowest BCUT2D eigenvalue weighted by molar-refractivity contribution is -0.139. The highest BCUT2D eigenvalue weighted by Crippen LogP contribution is 2.28. The van der Waals surface area contributed by atoms with Crippen LogP contribution in [0.1, 0.15) is 64.0 Å². The number of carboxylic acid groups (broad SMARTS) is 1. The minimum absolute atomic E-state index is 0.0612. The Morgan fingerprint density at radius 2 is 1.53 bits per heavy atom. The lowest BCUT2D eigenvalue weighted by atomic mass is 9.84. The van der Waals surface area contributed by atoms with E-state index in [0.29, 0.717) is 23.2 Å². The third kappa shape index (κ3) is 11.7. The number of thiazole rings is 1. The zero-order valence-corrected chi connectivity index (χ0v) is 26.5. The van der Waals surface area contributed by atoms with Crippen molar-refractivity contribution < 1.29 is 32.7 Å². The van der Waals surface area contributed by atoms with Crippen LogP contribution < -0.4 is 31.3 Å². The fourth-order valence-corrected chi connectivity index (χ4v) is 8.13. The molecule has 0 saturated carbocycles. The van der Waals surface area contributed by atoms with Gasteiger partial charge >= 0.3 is 5.97 Å². The molecule has 3 rings (SSSR count). The zero-order chi connectivity index (χ0) is 31.4. The van der Waals surface area contributed by atoms with Crippen LogP contribution in [0.25, 0.3) is 0 Å². The molecule has 2 saturated heterocycles. The van der Waals surface area contributed by atoms with Crippen molar-refractivity contribution in [1.29, 1.82) is 0 Å². The van der Waals surface area contributed by atoms with E-state index in [0.717, 1.165) is 77.5 Å². The van der Waals surface area contributed by atoms with Gasteiger partial charge in [-0.05, 0) is 96.3 Å². The summed E-state index contributed by atoms with van der Waals surface area (Å²) in [7, 11) is -4.32. The van der Waals surface area contributed by atoms with Crippen LogP contribution in [-0.4, -0.2) is 87.5 Å². The minimum atomic E-state index is -4.32. The van der Waals surface area contributed by atoms with Gasteiger partial charge in [0.25, 0.3) is 10.0 Å². The summed E-state index contributed by atoms with van der Waals surface area (Å²) in [4.78, 5) is 52.7. The average molecular weight is 644 g/mol. The average Bonchev–Trinajstić information content (AvgIpc) is 3.34. The topological polar surface area (TPSA) is 208 Å². The number of carbonyl (C=O) groups is 4. The molecule has 3 heterocycles. The summed E-state index contributed by atoms with van der Waals surface area (Å²) >= 11 is 0.685. The maximum Gasteiger partial charge on any atom is 0.323 e. The summed E-state index contributed by atoms with van der Waals surface area (Å²) in [6, 6.07) is -1.67. The normalized spacial score (nSPS) is 17.4. The number of piperidine rings is 2. The molecule has 1 atom stereocenters. The van der Waals surface area contributed by atoms with Gasteiger partial charge in [0.05, 0.1) is 12.2 Å². The van der Waals surface area contributed by atoms with Crippen LogP contribution >= 0.6 is 11.3 Å². The van der Waals surface area contributed by atoms with E-state index in [9.17, 15) is 32.7 Å². The molecule has 14 nitrogen and oxygen atoms in total. The van der Waals surface area contributed by atoms with E-state index in [-0.39, 0.29) is 33.4 Å². The summed E-state index contributed by atoms with van der Waals surface area (Å²) in [5, 5.41) is 23.9. The Morgan fingerprint density at radius 1 is 0.977 bits per heavy atom. The number of aryl methyl sites for hydroxylation is 1. The molecule has 0 bridgehead atoms. The molecular weight excluding hydrogens is 598 g/mol. The molecule has 43 heavy (non-hydrogen) atoms. The monoisotopic (exact) mass is 643 g/mol. The largest absolute Gasteiger partial charge is 0.480 e. The smallest absolute Gasteiger partial charge is 0.323 e. The van der Waals surface area contributed by atoms with Crippen molar-refractivity contribution in [2.75, 3.05) is 44.6 Å². The summed E-state index contributed by atoms with van der Waals surface area (Å²) < 4.78 is 27.5. The van der Waals surface area contributed by atoms with Gasteiger partial charge < -0.3 is 31.7 Å². The molecule has 1 aromatic rings. The number of hydrogen-bond donors (Lipinski definition) is 7. The fraction of sp³-hybridized carbons (Fsp3) is 0.741. The number of hydrogen-bond acceptors (Lipinski definition) is 10. The number of sulfonamides is 1. The Labute approximate surface area is 257 Å². The highest BCUT2D eigenvalue weighted by molar-refractivity contribution is 7.91. The molecule has 2 aliphatic heterocycles. The number of aromatic nitrogens is 1. The van der Waals surface area contributed by atoms with Crippen molar-refractivity contribution in [3.8, 4) is 0 Å². The highest BCUT2D eigenvalue weighted by Gasteiger charge is 2.30. The summed E-state index contributed by atoms with van der Waals surface area (Å²) in [6.45, 7) is 5.76. The van der Waals surface area contributed by atoms with E-state index in [4.69, 9.17) is 0 Å². The van der Waals surface area contributed by atoms with Gasteiger partial charge in [0.2, 0.25) is 17.7 Å². The quantitative estimate of drug-likeness (QED) is 0.133. The second-order valence-electron chi connectivity index (χ2n) is 11.3. The van der Waals surface area contributed by atoms with Crippen LogP contribution in [0.15, 0.2) is 4.21 Å². The SMILES string of the molecule is CC(=O)Nc1nc(C)c(S(=O)(=O)NC(CNC(=O)CNC(=O)C(CCC2CCNCC2)CCC2CCNCC2)C(=O)O)s1. The summed E-state index contributed by atoms with van der Waals surface area (Å²) in [5.74, 6) is -1.78. The number of carboxylic acids is 1. The first kappa shape index (κ1) is 34.8. The Hall–Kier alpha value is -2.66. The van der Waals surface area contributed by atoms with Crippen LogP contribution in [0, 0.1) is 24.7 Å². The number of nitrogens with zero attached hydrogens (tertiary/aromatic N) is 1. The van der Waals surface area contributed by atoms with Crippen molar-refractivity contribution in [2.24, 2.45) is 17.8 Å². The summed E-state index contributed by atoms with van der Waals surface area (Å²) in [5.41, 5.74) is 0.0898. The second kappa shape index (κ2) is 17.0. The predicted molar refractivity (Wildman–Crippen MR) is 162 cm³/mol. The number of aliphatic carboxylic acids is 1. The van der Waals surface area contributed by atoms with Crippen LogP contribution in [0.3, 0.4) is 0 Å². The molecule has 0 aromatic carbocycles. The molecule has 242 valence electrons. The molecule has 2 aliphatic rings. The number of nitrogens with one attached hydrogen (secondary N) is 6. The van der Waals surface area contributed by atoms with Gasteiger partial charge in [0.15, 0.2) is 9.34 Å². The third-order valence-electron chi connectivity index (χ3n) is 7.94. The standard InChI is InChI=1S/C27H45N7O7S2/c1-17-26(42-27(32-17)33-18(2)35)43(40,41)34-22(25(38)39)15-30-23(36)16-31-24(37)21(5-3-19-7-11-28-12-8-19)6-4-20-9-13-29-14-10-20/h19-22,28-29,34H,3-16H2,1-2H3,(H,30,36)(H,31,37)(H,38,39)(H,32,33,35). The Balaban J connectivity index is 1.51. The minimum Gasteiger partial charge on any atom is -0.480 e. The molecule has 0 spiro atoms. The highest BCUT2D eigenvalue weighted by atomic mass is 32.2. The lowest BCUT2D eigenvalue weighted by Gasteiger charge is -2.27. The maximum atomic E-state index is 13.2. The van der Waals surface area contributed by atoms with Crippen molar-refractivity contribution in [1.82, 2.24) is 31.0 Å². The molecule has 16 heteroatoms. The molecule has 1 aromatic heterocycles. The molecule has 3 amide bonds. The van der Waals surface area contributed by atoms with Crippen molar-refractivity contribution in [2.45, 2.75) is 75.5 Å². The van der Waals surface area contributed by atoms with Crippen molar-refractivity contribution >= 4 is 50.2 Å². The zero-order valence-electron chi connectivity index (χ0n) is 24.9. The van der Waals surface area contributed by atoms with Gasteiger partial charge in [0, 0.05) is 19.4 Å². The predicted octanol–water partition coefficient (Wildman–Crippen LogP) is 0.550. The number of carbonyl (C=O) groups excluding carboxylic acids is 3. The first-order valence-electron chi connectivity index (χ1n) is 14.9. The van der Waals surface area contributed by atoms with Crippen molar-refractivity contribution in [3.63, 3.8) is 0 Å². The first-order valence-corrected chi connectivity index (χ1v) is 17.2. The van der Waals surface area contributed by atoms with Crippen LogP contribution in [-0.2, 0) is 29.2 Å². The number of anilines is 1. The van der Waals surface area contributed by atoms with Gasteiger partial charge in [-0.15, -0.1) is 0 Å². The summed E-state index contributed by atoms with van der Waals surface area (Å²) in [6.07, 6.45) is 7.82. The maximum absolute atomic E-state index is 13.2. The molecule has 1 unspecified atom stereocenters. The molecule has 0 aliphatic carbocycles. The van der Waals surface area contributed by atoms with Crippen LogP contribution in [0.5, 0.6) is 0 Å². The van der Waals surface area contributed by atoms with E-state index in [1.807, 2.05) is 0 Å². The van der Waals surface area contributed by atoms with E-state index >= 15 is 0 Å². The van der Waals surface area contributed by atoms with E-state index < -0.39 is 40.4 Å². The van der Waals surface area contributed by atoms with Gasteiger partial charge in [-0.3, -0.25) is 19.2 Å². The lowest BCUT2D eigenvalue weighted by Crippen LogP contribution is -2.50. The molecule has 7 N–H and O–H groups in total. The number of rotatable bonds is 16. The first-order chi connectivity index (χ1) is 20.4.